The average Bonchev–Trinajstić information content (AvgIpc) is 3.14. The first-order valence-corrected chi connectivity index (χ1v) is 10.2. The lowest BCUT2D eigenvalue weighted by atomic mass is 10.1. The van der Waals surface area contributed by atoms with Gasteiger partial charge >= 0.3 is 6.03 Å². The summed E-state index contributed by atoms with van der Waals surface area (Å²) in [5, 5.41) is 8.21. The number of ketones is 1. The van der Waals surface area contributed by atoms with Gasteiger partial charge in [0.25, 0.3) is 5.91 Å². The van der Waals surface area contributed by atoms with Gasteiger partial charge in [-0.05, 0) is 41.5 Å². The number of hydrogen-bond acceptors (Lipinski definition) is 5. The zero-order chi connectivity index (χ0) is 22.7. The van der Waals surface area contributed by atoms with E-state index in [1.54, 1.807) is 36.4 Å². The minimum Gasteiger partial charge on any atom is -0.457 e. The highest BCUT2D eigenvalue weighted by atomic mass is 35.5. The Kier molecular flexibility index (Phi) is 6.04. The van der Waals surface area contributed by atoms with Crippen LogP contribution in [0.4, 0.5) is 16.2 Å². The van der Waals surface area contributed by atoms with Crippen molar-refractivity contribution < 1.29 is 19.1 Å². The largest absolute Gasteiger partial charge is 0.457 e. The van der Waals surface area contributed by atoms with Gasteiger partial charge in [-0.25, -0.2) is 4.79 Å². The molecule has 0 unspecified atom stereocenters. The second-order valence-corrected chi connectivity index (χ2v) is 7.56. The Morgan fingerprint density at radius 1 is 0.969 bits per heavy atom. The lowest BCUT2D eigenvalue weighted by Crippen LogP contribution is -2.19. The van der Waals surface area contributed by atoms with E-state index >= 15 is 0 Å². The van der Waals surface area contributed by atoms with Gasteiger partial charge in [0.2, 0.25) is 0 Å². The third-order valence-corrected chi connectivity index (χ3v) is 5.17. The van der Waals surface area contributed by atoms with Crippen molar-refractivity contribution in [2.75, 3.05) is 17.7 Å². The Labute approximate surface area is 189 Å². The molecule has 3 aromatic rings. The quantitative estimate of drug-likeness (QED) is 0.539. The molecule has 1 aromatic heterocycles. The molecule has 1 heterocycles. The Morgan fingerprint density at radius 2 is 1.75 bits per heavy atom. The number of rotatable bonds is 5. The normalized spacial score (nSPS) is 12.1. The first kappa shape index (κ1) is 21.3. The molecule has 0 radical (unpaired) electrons. The van der Waals surface area contributed by atoms with Crippen LogP contribution in [0, 0.1) is 0 Å². The van der Waals surface area contributed by atoms with Crippen LogP contribution in [-0.2, 0) is 17.6 Å². The number of halogens is 1. The van der Waals surface area contributed by atoms with Crippen molar-refractivity contribution in [1.29, 1.82) is 0 Å². The molecular weight excluding hydrogens is 432 g/mol. The van der Waals surface area contributed by atoms with E-state index in [9.17, 15) is 14.4 Å². The van der Waals surface area contributed by atoms with Crippen molar-refractivity contribution in [1.82, 2.24) is 10.3 Å². The highest BCUT2D eigenvalue weighted by molar-refractivity contribution is 6.34. The number of ether oxygens (including phenoxy) is 1. The number of amides is 3. The number of urea groups is 1. The van der Waals surface area contributed by atoms with Gasteiger partial charge in [0, 0.05) is 43.9 Å². The number of benzene rings is 2. The molecule has 3 amide bonds. The van der Waals surface area contributed by atoms with Crippen molar-refractivity contribution in [3.8, 4) is 11.5 Å². The predicted molar refractivity (Wildman–Crippen MR) is 121 cm³/mol. The van der Waals surface area contributed by atoms with Gasteiger partial charge in [-0.1, -0.05) is 17.7 Å². The number of carbonyl (C=O) groups is 3. The zero-order valence-corrected chi connectivity index (χ0v) is 17.8. The van der Waals surface area contributed by atoms with Crippen LogP contribution >= 0.6 is 11.6 Å². The minimum atomic E-state index is -0.464. The standard InChI is InChI=1S/C23H19ClN4O4/c1-25-22(30)21-12-18(6-7-26-21)32-17-4-5-20(19(24)11-17)28-23(31)27-15-3-2-13-9-16(29)10-14(13)8-15/h2-8,11-12H,9-10H2,1H3,(H,25,30)(H2,27,28,31). The summed E-state index contributed by atoms with van der Waals surface area (Å²) in [4.78, 5) is 39.6. The molecule has 8 nitrogen and oxygen atoms in total. The number of nitrogens with zero attached hydrogens (tertiary/aromatic N) is 1. The lowest BCUT2D eigenvalue weighted by Gasteiger charge is -2.12. The smallest absolute Gasteiger partial charge is 0.323 e. The average molecular weight is 451 g/mol. The third kappa shape index (κ3) is 4.87. The Morgan fingerprint density at radius 3 is 2.53 bits per heavy atom. The van der Waals surface area contributed by atoms with Crippen LogP contribution < -0.4 is 20.7 Å². The summed E-state index contributed by atoms with van der Waals surface area (Å²) in [5.41, 5.74) is 3.14. The Balaban J connectivity index is 1.40. The summed E-state index contributed by atoms with van der Waals surface area (Å²) in [6.07, 6.45) is 2.30. The van der Waals surface area contributed by atoms with Crippen LogP contribution in [0.15, 0.2) is 54.7 Å². The fourth-order valence-electron chi connectivity index (χ4n) is 3.34. The molecular formula is C23H19ClN4O4. The van der Waals surface area contributed by atoms with E-state index in [0.29, 0.717) is 35.7 Å². The van der Waals surface area contributed by atoms with Crippen molar-refractivity contribution in [3.05, 3.63) is 76.6 Å². The van der Waals surface area contributed by atoms with Gasteiger partial charge < -0.3 is 20.7 Å². The van der Waals surface area contributed by atoms with Crippen LogP contribution in [0.5, 0.6) is 11.5 Å². The highest BCUT2D eigenvalue weighted by Gasteiger charge is 2.18. The summed E-state index contributed by atoms with van der Waals surface area (Å²) in [6, 6.07) is 12.9. The van der Waals surface area contributed by atoms with E-state index in [4.69, 9.17) is 16.3 Å². The molecule has 0 saturated carbocycles. The number of nitrogens with one attached hydrogen (secondary N) is 3. The third-order valence-electron chi connectivity index (χ3n) is 4.85. The summed E-state index contributed by atoms with van der Waals surface area (Å²) >= 11 is 6.30. The molecule has 0 fully saturated rings. The lowest BCUT2D eigenvalue weighted by molar-refractivity contribution is -0.117. The monoisotopic (exact) mass is 450 g/mol. The number of hydrogen-bond donors (Lipinski definition) is 3. The van der Waals surface area contributed by atoms with Crippen LogP contribution in [0.3, 0.4) is 0 Å². The van der Waals surface area contributed by atoms with E-state index < -0.39 is 6.03 Å². The molecule has 0 aliphatic heterocycles. The van der Waals surface area contributed by atoms with Crippen LogP contribution in [0.2, 0.25) is 5.02 Å². The van der Waals surface area contributed by atoms with E-state index in [1.165, 1.54) is 19.3 Å². The number of pyridine rings is 1. The second kappa shape index (κ2) is 9.07. The molecule has 4 rings (SSSR count). The van der Waals surface area contributed by atoms with Crippen molar-refractivity contribution in [2.45, 2.75) is 12.8 Å². The number of anilines is 2. The first-order valence-electron chi connectivity index (χ1n) is 9.78. The van der Waals surface area contributed by atoms with Gasteiger partial charge in [0.05, 0.1) is 10.7 Å². The SMILES string of the molecule is CNC(=O)c1cc(Oc2ccc(NC(=O)Nc3ccc4c(c3)CC(=O)C4)c(Cl)c2)ccn1. The highest BCUT2D eigenvalue weighted by Crippen LogP contribution is 2.30. The minimum absolute atomic E-state index is 0.173. The second-order valence-electron chi connectivity index (χ2n) is 7.15. The molecule has 1 aliphatic rings. The Hall–Kier alpha value is -3.91. The molecule has 0 bridgehead atoms. The van der Waals surface area contributed by atoms with Gasteiger partial charge in [-0.2, -0.15) is 0 Å². The van der Waals surface area contributed by atoms with Crippen molar-refractivity contribution in [3.63, 3.8) is 0 Å². The number of Topliss-reactive ketones (excluding diaryl/α,β-unsaturated/α-hetero) is 1. The van der Waals surface area contributed by atoms with Crippen LogP contribution in [0.25, 0.3) is 0 Å². The molecule has 9 heteroatoms. The fraction of sp³-hybridized carbons (Fsp3) is 0.130. The van der Waals surface area contributed by atoms with Gasteiger partial charge in [0.15, 0.2) is 0 Å². The molecule has 32 heavy (non-hydrogen) atoms. The molecule has 1 aliphatic carbocycles. The maximum Gasteiger partial charge on any atom is 0.323 e. The van der Waals surface area contributed by atoms with Gasteiger partial charge in [0.1, 0.15) is 23.0 Å². The summed E-state index contributed by atoms with van der Waals surface area (Å²) < 4.78 is 5.74. The summed E-state index contributed by atoms with van der Waals surface area (Å²) in [5.74, 6) is 0.697. The van der Waals surface area contributed by atoms with E-state index in [-0.39, 0.29) is 22.4 Å². The van der Waals surface area contributed by atoms with Gasteiger partial charge in [-0.3, -0.25) is 14.6 Å². The van der Waals surface area contributed by atoms with Crippen molar-refractivity contribution >= 4 is 40.7 Å². The molecule has 0 atom stereocenters. The molecule has 0 spiro atoms. The fourth-order valence-corrected chi connectivity index (χ4v) is 3.55. The maximum atomic E-state index is 12.4. The predicted octanol–water partition coefficient (Wildman–Crippen LogP) is 4.20. The number of carbonyl (C=O) groups excluding carboxylic acids is 3. The maximum absolute atomic E-state index is 12.4. The summed E-state index contributed by atoms with van der Waals surface area (Å²) in [6.45, 7) is 0. The van der Waals surface area contributed by atoms with Gasteiger partial charge in [-0.15, -0.1) is 0 Å². The summed E-state index contributed by atoms with van der Waals surface area (Å²) in [7, 11) is 1.52. The topological polar surface area (TPSA) is 109 Å². The van der Waals surface area contributed by atoms with E-state index in [1.807, 2.05) is 6.07 Å². The number of aromatic nitrogens is 1. The van der Waals surface area contributed by atoms with Crippen molar-refractivity contribution in [2.24, 2.45) is 0 Å². The van der Waals surface area contributed by atoms with E-state index in [2.05, 4.69) is 20.9 Å². The molecule has 3 N–H and O–H groups in total. The van der Waals surface area contributed by atoms with E-state index in [0.717, 1.165) is 11.1 Å². The molecule has 0 saturated heterocycles. The molecule has 2 aromatic carbocycles. The number of fused-ring (bicyclic) bond motifs is 1. The van der Waals surface area contributed by atoms with Crippen LogP contribution in [-0.4, -0.2) is 29.8 Å². The first-order chi connectivity index (χ1) is 15.4. The molecule has 162 valence electrons. The zero-order valence-electron chi connectivity index (χ0n) is 17.1. The van der Waals surface area contributed by atoms with Crippen LogP contribution in [0.1, 0.15) is 21.6 Å². The Bertz CT molecular complexity index is 1230.